The number of amides is 2. The second kappa shape index (κ2) is 5.59. The monoisotopic (exact) mass is 335 g/mol. The summed E-state index contributed by atoms with van der Waals surface area (Å²) in [5, 5.41) is 4.54. The third-order valence-electron chi connectivity index (χ3n) is 4.22. The maximum absolute atomic E-state index is 13.9. The third kappa shape index (κ3) is 2.48. The number of nitrogens with one attached hydrogen (secondary N) is 1. The molecule has 0 saturated carbocycles. The van der Waals surface area contributed by atoms with Gasteiger partial charge in [-0.1, -0.05) is 30.3 Å². The molecule has 0 atom stereocenters. The van der Waals surface area contributed by atoms with Crippen LogP contribution in [-0.4, -0.2) is 11.8 Å². The Morgan fingerprint density at radius 1 is 1.04 bits per heavy atom. The van der Waals surface area contributed by atoms with Crippen LogP contribution >= 0.6 is 0 Å². The van der Waals surface area contributed by atoms with Gasteiger partial charge in [0, 0.05) is 11.5 Å². The molecule has 25 heavy (non-hydrogen) atoms. The molecule has 3 aromatic rings. The number of carbonyl (C=O) groups is 2. The van der Waals surface area contributed by atoms with Gasteiger partial charge in [-0.05, 0) is 23.6 Å². The predicted molar refractivity (Wildman–Crippen MR) is 95.2 cm³/mol. The molecule has 0 unspecified atom stereocenters. The van der Waals surface area contributed by atoms with Gasteiger partial charge in [-0.3, -0.25) is 14.5 Å². The zero-order valence-electron chi connectivity index (χ0n) is 13.1. The second-order valence-corrected chi connectivity index (χ2v) is 5.84. The molecule has 0 bridgehead atoms. The Bertz CT molecular complexity index is 1030. The summed E-state index contributed by atoms with van der Waals surface area (Å²) >= 11 is 0. The van der Waals surface area contributed by atoms with Crippen molar-refractivity contribution in [2.75, 3.05) is 16.0 Å². The lowest BCUT2D eigenvalue weighted by Gasteiger charge is -2.23. The fourth-order valence-electron chi connectivity index (χ4n) is 3.05. The van der Waals surface area contributed by atoms with E-state index in [1.54, 1.807) is 12.1 Å². The van der Waals surface area contributed by atoms with Gasteiger partial charge in [0.25, 0.3) is 0 Å². The first-order valence-electron chi connectivity index (χ1n) is 7.74. The third-order valence-corrected chi connectivity index (χ3v) is 4.22. The van der Waals surface area contributed by atoms with Crippen molar-refractivity contribution < 1.29 is 14.0 Å². The minimum atomic E-state index is -0.615. The van der Waals surface area contributed by atoms with Gasteiger partial charge in [-0.2, -0.15) is 0 Å². The Labute approximate surface area is 142 Å². The molecule has 0 saturated heterocycles. The summed E-state index contributed by atoms with van der Waals surface area (Å²) in [5.74, 6) is -1.45. The molecular formula is C19H14FN3O2. The highest BCUT2D eigenvalue weighted by atomic mass is 19.1. The molecule has 124 valence electrons. The lowest BCUT2D eigenvalue weighted by Crippen LogP contribution is -2.26. The zero-order valence-corrected chi connectivity index (χ0v) is 13.1. The molecule has 1 aliphatic heterocycles. The van der Waals surface area contributed by atoms with Gasteiger partial charge in [0.15, 0.2) is 0 Å². The number of fused-ring (bicyclic) bond motifs is 3. The first-order chi connectivity index (χ1) is 12.0. The Morgan fingerprint density at radius 2 is 1.84 bits per heavy atom. The van der Waals surface area contributed by atoms with E-state index in [4.69, 9.17) is 5.73 Å². The minimum absolute atomic E-state index is 0.000966. The molecule has 2 amide bonds. The van der Waals surface area contributed by atoms with Gasteiger partial charge >= 0.3 is 0 Å². The van der Waals surface area contributed by atoms with Crippen LogP contribution in [0.15, 0.2) is 54.6 Å². The number of rotatable bonds is 1. The number of benzene rings is 3. The number of anilines is 4. The zero-order chi connectivity index (χ0) is 17.6. The number of nitrogens with zero attached hydrogens (tertiary/aromatic N) is 1. The number of nitrogens with two attached hydrogens (primary N) is 1. The van der Waals surface area contributed by atoms with E-state index in [0.717, 1.165) is 10.8 Å². The standard InChI is InChI=1S/C19H14FN3O2/c20-14-9-12(6-7-15(14)21)23-16-8-5-11-3-1-2-4-13(11)19(16)22-17(24)10-18(23)25/h1-9H,10,21H2,(H,22,24). The van der Waals surface area contributed by atoms with Gasteiger partial charge in [0.05, 0.1) is 22.7 Å². The molecule has 0 spiro atoms. The van der Waals surface area contributed by atoms with E-state index in [9.17, 15) is 14.0 Å². The molecule has 3 N–H and O–H groups in total. The van der Waals surface area contributed by atoms with Crippen LogP contribution in [-0.2, 0) is 9.59 Å². The van der Waals surface area contributed by atoms with Gasteiger partial charge in [0.2, 0.25) is 11.8 Å². The first-order valence-corrected chi connectivity index (χ1v) is 7.74. The SMILES string of the molecule is Nc1ccc(N2C(=O)CC(=O)Nc3c2ccc2ccccc32)cc1F. The average Bonchev–Trinajstić information content (AvgIpc) is 2.72. The van der Waals surface area contributed by atoms with E-state index in [2.05, 4.69) is 5.32 Å². The van der Waals surface area contributed by atoms with E-state index in [1.807, 2.05) is 30.3 Å². The summed E-state index contributed by atoms with van der Waals surface area (Å²) in [7, 11) is 0. The van der Waals surface area contributed by atoms with Crippen molar-refractivity contribution in [1.29, 1.82) is 0 Å². The highest BCUT2D eigenvalue weighted by molar-refractivity contribution is 6.21. The molecule has 3 aromatic carbocycles. The predicted octanol–water partition coefficient (Wildman–Crippen LogP) is 3.57. The summed E-state index contributed by atoms with van der Waals surface area (Å²) in [6.07, 6.45) is -0.324. The minimum Gasteiger partial charge on any atom is -0.396 e. The highest BCUT2D eigenvalue weighted by Gasteiger charge is 2.29. The number of halogens is 1. The van der Waals surface area contributed by atoms with E-state index in [0.29, 0.717) is 17.1 Å². The van der Waals surface area contributed by atoms with Crippen LogP contribution in [0.3, 0.4) is 0 Å². The fourth-order valence-corrected chi connectivity index (χ4v) is 3.05. The molecule has 0 radical (unpaired) electrons. The normalized spacial score (nSPS) is 14.2. The maximum atomic E-state index is 13.9. The van der Waals surface area contributed by atoms with Crippen molar-refractivity contribution in [3.8, 4) is 0 Å². The summed E-state index contributed by atoms with van der Waals surface area (Å²) < 4.78 is 13.9. The Morgan fingerprint density at radius 3 is 2.64 bits per heavy atom. The van der Waals surface area contributed by atoms with Crippen LogP contribution in [0.4, 0.5) is 27.1 Å². The molecule has 5 nitrogen and oxygen atoms in total. The van der Waals surface area contributed by atoms with Crippen molar-refractivity contribution in [2.24, 2.45) is 0 Å². The Kier molecular flexibility index (Phi) is 3.39. The van der Waals surface area contributed by atoms with Crippen LogP contribution in [0.25, 0.3) is 10.8 Å². The van der Waals surface area contributed by atoms with Crippen LogP contribution in [0.2, 0.25) is 0 Å². The number of carbonyl (C=O) groups excluding carboxylic acids is 2. The summed E-state index contributed by atoms with van der Waals surface area (Å²) in [6, 6.07) is 15.3. The van der Waals surface area contributed by atoms with Crippen LogP contribution < -0.4 is 16.0 Å². The number of nitrogen functional groups attached to an aromatic ring is 1. The molecule has 6 heteroatoms. The Hall–Kier alpha value is -3.41. The topological polar surface area (TPSA) is 75.4 Å². The van der Waals surface area contributed by atoms with Crippen LogP contribution in [0.5, 0.6) is 0 Å². The van der Waals surface area contributed by atoms with E-state index in [1.165, 1.54) is 17.0 Å². The van der Waals surface area contributed by atoms with Gasteiger partial charge in [-0.15, -0.1) is 0 Å². The van der Waals surface area contributed by atoms with Crippen molar-refractivity contribution in [3.63, 3.8) is 0 Å². The van der Waals surface area contributed by atoms with E-state index >= 15 is 0 Å². The van der Waals surface area contributed by atoms with Crippen molar-refractivity contribution in [2.45, 2.75) is 6.42 Å². The molecule has 1 heterocycles. The van der Waals surface area contributed by atoms with Crippen LogP contribution in [0, 0.1) is 5.82 Å². The quantitative estimate of drug-likeness (QED) is 0.527. The first kappa shape index (κ1) is 15.1. The summed E-state index contributed by atoms with van der Waals surface area (Å²) in [4.78, 5) is 26.1. The van der Waals surface area contributed by atoms with Crippen LogP contribution in [0.1, 0.15) is 6.42 Å². The van der Waals surface area contributed by atoms with E-state index < -0.39 is 17.6 Å². The van der Waals surface area contributed by atoms with Crippen molar-refractivity contribution in [3.05, 3.63) is 60.4 Å². The number of hydrogen-bond acceptors (Lipinski definition) is 3. The molecule has 1 aliphatic rings. The highest BCUT2D eigenvalue weighted by Crippen LogP contribution is 2.40. The van der Waals surface area contributed by atoms with Crippen molar-refractivity contribution >= 4 is 45.3 Å². The average molecular weight is 335 g/mol. The summed E-state index contributed by atoms with van der Waals surface area (Å²) in [5.41, 5.74) is 6.89. The molecular weight excluding hydrogens is 321 g/mol. The number of hydrogen-bond donors (Lipinski definition) is 2. The summed E-state index contributed by atoms with van der Waals surface area (Å²) in [6.45, 7) is 0. The second-order valence-electron chi connectivity index (χ2n) is 5.84. The molecule has 4 rings (SSSR count). The molecule has 0 aliphatic carbocycles. The smallest absolute Gasteiger partial charge is 0.241 e. The van der Waals surface area contributed by atoms with Gasteiger partial charge in [0.1, 0.15) is 12.2 Å². The maximum Gasteiger partial charge on any atom is 0.241 e. The Balaban J connectivity index is 1.99. The molecule has 0 fully saturated rings. The molecule has 0 aromatic heterocycles. The van der Waals surface area contributed by atoms with E-state index in [-0.39, 0.29) is 12.1 Å². The van der Waals surface area contributed by atoms with Gasteiger partial charge < -0.3 is 11.1 Å². The fraction of sp³-hybridized carbons (Fsp3) is 0.0526. The van der Waals surface area contributed by atoms with Gasteiger partial charge in [-0.25, -0.2) is 4.39 Å². The lowest BCUT2D eigenvalue weighted by molar-refractivity contribution is -0.124. The lowest BCUT2D eigenvalue weighted by atomic mass is 10.1. The van der Waals surface area contributed by atoms with Crippen molar-refractivity contribution in [1.82, 2.24) is 0 Å². The largest absolute Gasteiger partial charge is 0.396 e.